The number of hydrazine groups is 1. The lowest BCUT2D eigenvalue weighted by molar-refractivity contribution is 0.0914. The first-order valence-electron chi connectivity index (χ1n) is 8.20. The lowest BCUT2D eigenvalue weighted by Crippen LogP contribution is -2.44. The number of halogens is 1. The van der Waals surface area contributed by atoms with Gasteiger partial charge >= 0.3 is 0 Å². The Morgan fingerprint density at radius 3 is 2.96 bits per heavy atom. The van der Waals surface area contributed by atoms with E-state index < -0.39 is 0 Å². The van der Waals surface area contributed by atoms with Crippen molar-refractivity contribution in [3.63, 3.8) is 0 Å². The quantitative estimate of drug-likeness (QED) is 0.785. The van der Waals surface area contributed by atoms with Crippen molar-refractivity contribution in [2.24, 2.45) is 5.92 Å². The van der Waals surface area contributed by atoms with Crippen LogP contribution in [0, 0.1) is 5.92 Å². The van der Waals surface area contributed by atoms with E-state index in [1.165, 1.54) is 11.3 Å². The molecule has 1 aromatic heterocycles. The molecule has 4 rings (SSSR count). The van der Waals surface area contributed by atoms with Crippen molar-refractivity contribution in [2.45, 2.75) is 31.3 Å². The Labute approximate surface area is 149 Å². The Balaban J connectivity index is 1.41. The van der Waals surface area contributed by atoms with Gasteiger partial charge in [0.05, 0.1) is 0 Å². The van der Waals surface area contributed by atoms with Gasteiger partial charge in [-0.05, 0) is 37.3 Å². The molecule has 126 valence electrons. The average molecular weight is 363 g/mol. The molecule has 3 atom stereocenters. The second-order valence-corrected chi connectivity index (χ2v) is 7.71. The van der Waals surface area contributed by atoms with Crippen molar-refractivity contribution in [3.8, 4) is 10.6 Å². The van der Waals surface area contributed by atoms with E-state index in [-0.39, 0.29) is 11.9 Å². The number of hydrogen-bond donors (Lipinski definition) is 3. The molecule has 1 saturated carbocycles. The fourth-order valence-corrected chi connectivity index (χ4v) is 4.43. The van der Waals surface area contributed by atoms with Crippen LogP contribution in [0.2, 0.25) is 5.02 Å². The van der Waals surface area contributed by atoms with Crippen molar-refractivity contribution in [3.05, 3.63) is 40.4 Å². The summed E-state index contributed by atoms with van der Waals surface area (Å²) in [6.07, 6.45) is 3.12. The van der Waals surface area contributed by atoms with Crippen LogP contribution in [0.25, 0.3) is 10.6 Å². The SMILES string of the molecule is O=C(NC1CCC2NNCC2C1)c1csc(-c2ccc(Cl)cc2)n1. The van der Waals surface area contributed by atoms with Crippen LogP contribution >= 0.6 is 22.9 Å². The molecule has 24 heavy (non-hydrogen) atoms. The molecule has 3 unspecified atom stereocenters. The molecule has 3 N–H and O–H groups in total. The van der Waals surface area contributed by atoms with Crippen molar-refractivity contribution in [2.75, 3.05) is 6.54 Å². The lowest BCUT2D eigenvalue weighted by Gasteiger charge is -2.31. The molecular weight excluding hydrogens is 344 g/mol. The van der Waals surface area contributed by atoms with Crippen LogP contribution in [0.1, 0.15) is 29.8 Å². The lowest BCUT2D eigenvalue weighted by atomic mass is 9.83. The number of hydrogen-bond acceptors (Lipinski definition) is 5. The molecule has 0 radical (unpaired) electrons. The zero-order valence-electron chi connectivity index (χ0n) is 13.1. The summed E-state index contributed by atoms with van der Waals surface area (Å²) in [7, 11) is 0. The third-order valence-electron chi connectivity index (χ3n) is 4.80. The van der Waals surface area contributed by atoms with Crippen molar-refractivity contribution >= 4 is 28.8 Å². The summed E-state index contributed by atoms with van der Waals surface area (Å²) in [5.74, 6) is 0.526. The number of benzene rings is 1. The van der Waals surface area contributed by atoms with Gasteiger partial charge in [0.2, 0.25) is 0 Å². The molecule has 5 nitrogen and oxygen atoms in total. The van der Waals surface area contributed by atoms with Gasteiger partial charge in [0.1, 0.15) is 10.7 Å². The van der Waals surface area contributed by atoms with E-state index in [1.54, 1.807) is 0 Å². The van der Waals surface area contributed by atoms with Gasteiger partial charge in [-0.3, -0.25) is 15.6 Å². The Morgan fingerprint density at radius 1 is 1.29 bits per heavy atom. The Bertz CT molecular complexity index is 732. The average Bonchev–Trinajstić information content (AvgIpc) is 3.24. The number of amides is 1. The molecule has 2 aromatic rings. The minimum Gasteiger partial charge on any atom is -0.348 e. The molecule has 2 heterocycles. The number of fused-ring (bicyclic) bond motifs is 1. The van der Waals surface area contributed by atoms with Crippen LogP contribution in [-0.4, -0.2) is 29.5 Å². The van der Waals surface area contributed by atoms with E-state index in [2.05, 4.69) is 21.2 Å². The second-order valence-electron chi connectivity index (χ2n) is 6.42. The van der Waals surface area contributed by atoms with Crippen molar-refractivity contribution < 1.29 is 4.79 Å². The summed E-state index contributed by atoms with van der Waals surface area (Å²) in [5, 5.41) is 6.51. The molecule has 2 aliphatic rings. The number of nitrogens with zero attached hydrogens (tertiary/aromatic N) is 1. The number of aromatic nitrogens is 1. The number of rotatable bonds is 3. The zero-order chi connectivity index (χ0) is 16.5. The maximum Gasteiger partial charge on any atom is 0.270 e. The first-order valence-corrected chi connectivity index (χ1v) is 9.45. The van der Waals surface area contributed by atoms with E-state index in [1.807, 2.05) is 29.6 Å². The van der Waals surface area contributed by atoms with Crippen molar-refractivity contribution in [1.29, 1.82) is 0 Å². The van der Waals surface area contributed by atoms with Crippen LogP contribution in [0.3, 0.4) is 0 Å². The van der Waals surface area contributed by atoms with E-state index >= 15 is 0 Å². The highest BCUT2D eigenvalue weighted by Gasteiger charge is 2.34. The second kappa shape index (κ2) is 6.80. The van der Waals surface area contributed by atoms with Crippen LogP contribution in [0.15, 0.2) is 29.6 Å². The molecule has 1 aromatic carbocycles. The predicted molar refractivity (Wildman–Crippen MR) is 96.1 cm³/mol. The highest BCUT2D eigenvalue weighted by atomic mass is 35.5. The minimum absolute atomic E-state index is 0.0752. The van der Waals surface area contributed by atoms with Gasteiger partial charge in [0.15, 0.2) is 0 Å². The largest absolute Gasteiger partial charge is 0.348 e. The summed E-state index contributed by atoms with van der Waals surface area (Å²) >= 11 is 7.39. The third kappa shape index (κ3) is 3.32. The maximum absolute atomic E-state index is 12.5. The third-order valence-corrected chi connectivity index (χ3v) is 5.94. The van der Waals surface area contributed by atoms with Gasteiger partial charge in [-0.1, -0.05) is 23.7 Å². The van der Waals surface area contributed by atoms with E-state index in [4.69, 9.17) is 11.6 Å². The summed E-state index contributed by atoms with van der Waals surface area (Å²) < 4.78 is 0. The predicted octanol–water partition coefficient (Wildman–Crippen LogP) is 2.84. The van der Waals surface area contributed by atoms with Gasteiger partial charge in [-0.25, -0.2) is 4.98 Å². The maximum atomic E-state index is 12.5. The number of nitrogens with one attached hydrogen (secondary N) is 3. The molecule has 1 amide bonds. The fraction of sp³-hybridized carbons (Fsp3) is 0.412. The van der Waals surface area contributed by atoms with Gasteiger partial charge in [0.25, 0.3) is 5.91 Å². The highest BCUT2D eigenvalue weighted by Crippen LogP contribution is 2.28. The van der Waals surface area contributed by atoms with Crippen LogP contribution < -0.4 is 16.2 Å². The molecule has 1 aliphatic carbocycles. The Kier molecular flexibility index (Phi) is 4.54. The normalized spacial score (nSPS) is 26.1. The smallest absolute Gasteiger partial charge is 0.270 e. The number of carbonyl (C=O) groups is 1. The van der Waals surface area contributed by atoms with Gasteiger partial charge in [-0.2, -0.15) is 0 Å². The van der Waals surface area contributed by atoms with Crippen LogP contribution in [0.4, 0.5) is 0 Å². The monoisotopic (exact) mass is 362 g/mol. The first kappa shape index (κ1) is 16.0. The Hall–Kier alpha value is -1.47. The molecule has 7 heteroatoms. The van der Waals surface area contributed by atoms with E-state index in [0.29, 0.717) is 22.7 Å². The van der Waals surface area contributed by atoms with Crippen LogP contribution in [-0.2, 0) is 0 Å². The minimum atomic E-state index is -0.0752. The van der Waals surface area contributed by atoms with E-state index in [9.17, 15) is 4.79 Å². The zero-order valence-corrected chi connectivity index (χ0v) is 14.7. The summed E-state index contributed by atoms with van der Waals surface area (Å²) in [4.78, 5) is 17.0. The standard InChI is InChI=1S/C17H19ClN4OS/c18-12-3-1-10(2-4-12)17-21-15(9-24-17)16(23)20-13-5-6-14-11(7-13)8-19-22-14/h1-4,9,11,13-14,19,22H,5-8H2,(H,20,23). The molecule has 2 fully saturated rings. The topological polar surface area (TPSA) is 66.1 Å². The first-order chi connectivity index (χ1) is 11.7. The van der Waals surface area contributed by atoms with Crippen LogP contribution in [0.5, 0.6) is 0 Å². The Morgan fingerprint density at radius 2 is 2.12 bits per heavy atom. The van der Waals surface area contributed by atoms with Crippen molar-refractivity contribution in [1.82, 2.24) is 21.2 Å². The van der Waals surface area contributed by atoms with Gasteiger partial charge in [0, 0.05) is 34.6 Å². The highest BCUT2D eigenvalue weighted by molar-refractivity contribution is 7.13. The summed E-state index contributed by atoms with van der Waals surface area (Å²) in [5.41, 5.74) is 7.99. The van der Waals surface area contributed by atoms with Gasteiger partial charge in [-0.15, -0.1) is 11.3 Å². The van der Waals surface area contributed by atoms with E-state index in [0.717, 1.165) is 36.4 Å². The number of thiazole rings is 1. The van der Waals surface area contributed by atoms with Gasteiger partial charge < -0.3 is 5.32 Å². The molecule has 0 spiro atoms. The molecular formula is C17H19ClN4OS. The molecule has 1 saturated heterocycles. The number of carbonyl (C=O) groups excluding carboxylic acids is 1. The summed E-state index contributed by atoms with van der Waals surface area (Å²) in [6, 6.07) is 8.30. The molecule has 1 aliphatic heterocycles. The molecule has 0 bridgehead atoms. The fourth-order valence-electron chi connectivity index (χ4n) is 3.49. The summed E-state index contributed by atoms with van der Waals surface area (Å²) in [6.45, 7) is 0.981.